The Bertz CT molecular complexity index is 336. The summed E-state index contributed by atoms with van der Waals surface area (Å²) in [5.74, 6) is 0.684. The zero-order valence-corrected chi connectivity index (χ0v) is 12.0. The van der Waals surface area contributed by atoms with Crippen molar-refractivity contribution in [2.75, 3.05) is 13.1 Å². The summed E-state index contributed by atoms with van der Waals surface area (Å²) < 4.78 is 0. The Morgan fingerprint density at radius 1 is 1.18 bits per heavy atom. The summed E-state index contributed by atoms with van der Waals surface area (Å²) in [4.78, 5) is 0. The molecule has 0 saturated carbocycles. The molecule has 0 aromatic heterocycles. The number of benzene rings is 1. The highest BCUT2D eigenvalue weighted by Gasteiger charge is 2.24. The molecule has 1 unspecified atom stereocenters. The Kier molecular flexibility index (Phi) is 5.20. The number of hydrogen-bond donors (Lipinski definition) is 1. The standard InChI is InChI=1S/C16H27N/c1-6-17-12-15(16(3,4)5)11-14-10-8-7-9-13(14)2/h7-10,15,17H,6,11-12H2,1-5H3. The van der Waals surface area contributed by atoms with Gasteiger partial charge in [0.2, 0.25) is 0 Å². The third kappa shape index (κ3) is 4.51. The predicted octanol–water partition coefficient (Wildman–Crippen LogP) is 3.81. The van der Waals surface area contributed by atoms with Gasteiger partial charge in [0.25, 0.3) is 0 Å². The minimum atomic E-state index is 0.352. The smallest absolute Gasteiger partial charge is 0.00124 e. The Hall–Kier alpha value is -0.820. The van der Waals surface area contributed by atoms with Crippen LogP contribution in [0.15, 0.2) is 24.3 Å². The van der Waals surface area contributed by atoms with Crippen LogP contribution in [0.5, 0.6) is 0 Å². The van der Waals surface area contributed by atoms with Crippen LogP contribution in [0.2, 0.25) is 0 Å². The lowest BCUT2D eigenvalue weighted by Gasteiger charge is -2.31. The third-order valence-corrected chi connectivity index (χ3v) is 3.59. The molecule has 1 aromatic rings. The summed E-state index contributed by atoms with van der Waals surface area (Å²) in [6, 6.07) is 8.74. The molecule has 0 fully saturated rings. The molecule has 0 saturated heterocycles. The molecule has 1 rings (SSSR count). The Morgan fingerprint density at radius 3 is 2.35 bits per heavy atom. The fraction of sp³-hybridized carbons (Fsp3) is 0.625. The maximum absolute atomic E-state index is 3.49. The summed E-state index contributed by atoms with van der Waals surface area (Å²) in [5.41, 5.74) is 3.26. The van der Waals surface area contributed by atoms with E-state index in [1.807, 2.05) is 0 Å². The lowest BCUT2D eigenvalue weighted by atomic mass is 9.76. The first-order valence-corrected chi connectivity index (χ1v) is 6.70. The van der Waals surface area contributed by atoms with Crippen molar-refractivity contribution < 1.29 is 0 Å². The summed E-state index contributed by atoms with van der Waals surface area (Å²) in [6.07, 6.45) is 1.17. The van der Waals surface area contributed by atoms with E-state index in [1.165, 1.54) is 17.5 Å². The molecule has 0 bridgehead atoms. The van der Waals surface area contributed by atoms with Crippen molar-refractivity contribution in [3.63, 3.8) is 0 Å². The molecule has 0 spiro atoms. The van der Waals surface area contributed by atoms with E-state index in [0.29, 0.717) is 11.3 Å². The van der Waals surface area contributed by atoms with E-state index in [2.05, 4.69) is 64.2 Å². The maximum atomic E-state index is 3.49. The van der Waals surface area contributed by atoms with E-state index < -0.39 is 0 Å². The molecule has 0 aliphatic heterocycles. The number of nitrogens with one attached hydrogen (secondary N) is 1. The SMILES string of the molecule is CCNCC(Cc1ccccc1C)C(C)(C)C. The van der Waals surface area contributed by atoms with Crippen molar-refractivity contribution in [3.05, 3.63) is 35.4 Å². The van der Waals surface area contributed by atoms with Gasteiger partial charge in [0.15, 0.2) is 0 Å². The van der Waals surface area contributed by atoms with Crippen LogP contribution in [0.25, 0.3) is 0 Å². The number of aryl methyl sites for hydroxylation is 1. The van der Waals surface area contributed by atoms with Crippen molar-refractivity contribution in [1.29, 1.82) is 0 Å². The van der Waals surface area contributed by atoms with E-state index in [1.54, 1.807) is 0 Å². The monoisotopic (exact) mass is 233 g/mol. The molecular weight excluding hydrogens is 206 g/mol. The summed E-state index contributed by atoms with van der Waals surface area (Å²) >= 11 is 0. The molecule has 0 heterocycles. The van der Waals surface area contributed by atoms with Crippen LogP contribution < -0.4 is 5.32 Å². The van der Waals surface area contributed by atoms with Crippen molar-refractivity contribution in [1.82, 2.24) is 5.32 Å². The second kappa shape index (κ2) is 6.20. The van der Waals surface area contributed by atoms with E-state index in [4.69, 9.17) is 0 Å². The van der Waals surface area contributed by atoms with Gasteiger partial charge in [-0.05, 0) is 48.9 Å². The Morgan fingerprint density at radius 2 is 1.82 bits per heavy atom. The Labute approximate surface area is 107 Å². The van der Waals surface area contributed by atoms with E-state index >= 15 is 0 Å². The second-order valence-corrected chi connectivity index (χ2v) is 6.00. The molecule has 1 N–H and O–H groups in total. The normalized spacial score (nSPS) is 13.7. The molecule has 0 aliphatic rings. The zero-order chi connectivity index (χ0) is 12.9. The van der Waals surface area contributed by atoms with Gasteiger partial charge in [-0.25, -0.2) is 0 Å². The largest absolute Gasteiger partial charge is 0.317 e. The van der Waals surface area contributed by atoms with Gasteiger partial charge in [0.1, 0.15) is 0 Å². The summed E-state index contributed by atoms with van der Waals surface area (Å²) in [7, 11) is 0. The van der Waals surface area contributed by atoms with Crippen LogP contribution in [0.4, 0.5) is 0 Å². The molecule has 1 atom stereocenters. The highest BCUT2D eigenvalue weighted by Crippen LogP contribution is 2.29. The minimum absolute atomic E-state index is 0.352. The van der Waals surface area contributed by atoms with Crippen LogP contribution in [0, 0.1) is 18.3 Å². The minimum Gasteiger partial charge on any atom is -0.317 e. The van der Waals surface area contributed by atoms with E-state index in [0.717, 1.165) is 13.1 Å². The average molecular weight is 233 g/mol. The van der Waals surface area contributed by atoms with E-state index in [-0.39, 0.29) is 0 Å². The van der Waals surface area contributed by atoms with Crippen LogP contribution in [0.3, 0.4) is 0 Å². The topological polar surface area (TPSA) is 12.0 Å². The van der Waals surface area contributed by atoms with Crippen molar-refractivity contribution in [2.45, 2.75) is 41.0 Å². The first kappa shape index (κ1) is 14.2. The van der Waals surface area contributed by atoms with E-state index in [9.17, 15) is 0 Å². The molecule has 1 nitrogen and oxygen atoms in total. The number of hydrogen-bond acceptors (Lipinski definition) is 1. The highest BCUT2D eigenvalue weighted by molar-refractivity contribution is 5.26. The molecule has 0 amide bonds. The van der Waals surface area contributed by atoms with Gasteiger partial charge in [-0.3, -0.25) is 0 Å². The van der Waals surface area contributed by atoms with Crippen molar-refractivity contribution >= 4 is 0 Å². The maximum Gasteiger partial charge on any atom is -0.00124 e. The number of rotatable bonds is 5. The first-order valence-electron chi connectivity index (χ1n) is 6.70. The van der Waals surface area contributed by atoms with Crippen LogP contribution in [-0.2, 0) is 6.42 Å². The lowest BCUT2D eigenvalue weighted by molar-refractivity contribution is 0.232. The predicted molar refractivity (Wildman–Crippen MR) is 76.4 cm³/mol. The quantitative estimate of drug-likeness (QED) is 0.815. The molecule has 1 aromatic carbocycles. The van der Waals surface area contributed by atoms with Gasteiger partial charge >= 0.3 is 0 Å². The fourth-order valence-corrected chi connectivity index (χ4v) is 2.11. The highest BCUT2D eigenvalue weighted by atomic mass is 14.8. The van der Waals surface area contributed by atoms with Crippen LogP contribution >= 0.6 is 0 Å². The Balaban J connectivity index is 2.76. The van der Waals surface area contributed by atoms with Gasteiger partial charge in [-0.15, -0.1) is 0 Å². The molecular formula is C16H27N. The summed E-state index contributed by atoms with van der Waals surface area (Å²) in [6.45, 7) is 13.6. The van der Waals surface area contributed by atoms with Gasteiger partial charge < -0.3 is 5.32 Å². The zero-order valence-electron chi connectivity index (χ0n) is 12.0. The van der Waals surface area contributed by atoms with Crippen LogP contribution in [0.1, 0.15) is 38.8 Å². The van der Waals surface area contributed by atoms with Gasteiger partial charge in [0, 0.05) is 0 Å². The van der Waals surface area contributed by atoms with Crippen molar-refractivity contribution in [3.8, 4) is 0 Å². The lowest BCUT2D eigenvalue weighted by Crippen LogP contribution is -2.33. The fourth-order valence-electron chi connectivity index (χ4n) is 2.11. The van der Waals surface area contributed by atoms with Crippen molar-refractivity contribution in [2.24, 2.45) is 11.3 Å². The molecule has 1 heteroatoms. The van der Waals surface area contributed by atoms with Crippen LogP contribution in [-0.4, -0.2) is 13.1 Å². The molecule has 0 radical (unpaired) electrons. The molecule has 96 valence electrons. The van der Waals surface area contributed by atoms with Gasteiger partial charge in [-0.1, -0.05) is 52.0 Å². The summed E-state index contributed by atoms with van der Waals surface area (Å²) in [5, 5.41) is 3.49. The van der Waals surface area contributed by atoms with Gasteiger partial charge in [-0.2, -0.15) is 0 Å². The third-order valence-electron chi connectivity index (χ3n) is 3.59. The second-order valence-electron chi connectivity index (χ2n) is 6.00. The molecule has 17 heavy (non-hydrogen) atoms. The average Bonchev–Trinajstić information content (AvgIpc) is 2.25. The first-order chi connectivity index (χ1) is 7.95. The van der Waals surface area contributed by atoms with Gasteiger partial charge in [0.05, 0.1) is 0 Å². The molecule has 0 aliphatic carbocycles.